The molecule has 0 aliphatic heterocycles. The molecule has 0 aromatic heterocycles. The van der Waals surface area contributed by atoms with Gasteiger partial charge in [0.15, 0.2) is 5.78 Å². The Balaban J connectivity index is 2.14. The Labute approximate surface area is 143 Å². The summed E-state index contributed by atoms with van der Waals surface area (Å²) >= 11 is 0. The van der Waals surface area contributed by atoms with Crippen LogP contribution in [0.1, 0.15) is 49.7 Å². The Morgan fingerprint density at radius 1 is 0.958 bits per heavy atom. The summed E-state index contributed by atoms with van der Waals surface area (Å²) in [7, 11) is 0. The van der Waals surface area contributed by atoms with Crippen LogP contribution >= 0.6 is 0 Å². The number of rotatable bonds is 4. The van der Waals surface area contributed by atoms with Gasteiger partial charge in [-0.2, -0.15) is 0 Å². The van der Waals surface area contributed by atoms with Crippen molar-refractivity contribution in [3.63, 3.8) is 0 Å². The van der Waals surface area contributed by atoms with Gasteiger partial charge in [-0.25, -0.2) is 4.79 Å². The molecule has 0 heterocycles. The first kappa shape index (κ1) is 17.7. The predicted octanol–water partition coefficient (Wildman–Crippen LogP) is 4.80. The number of urea groups is 1. The number of hydrogen-bond acceptors (Lipinski definition) is 2. The van der Waals surface area contributed by atoms with Gasteiger partial charge in [0.1, 0.15) is 0 Å². The molecule has 24 heavy (non-hydrogen) atoms. The average molecular weight is 324 g/mol. The van der Waals surface area contributed by atoms with Crippen LogP contribution < -0.4 is 10.6 Å². The molecule has 0 aliphatic carbocycles. The minimum Gasteiger partial charge on any atom is -0.331 e. The van der Waals surface area contributed by atoms with E-state index in [0.29, 0.717) is 11.3 Å². The zero-order chi connectivity index (χ0) is 17.7. The molecule has 1 unspecified atom stereocenters. The van der Waals surface area contributed by atoms with Crippen molar-refractivity contribution in [1.29, 1.82) is 0 Å². The fraction of sp³-hybridized carbons (Fsp3) is 0.300. The van der Waals surface area contributed by atoms with Gasteiger partial charge in [0.2, 0.25) is 0 Å². The van der Waals surface area contributed by atoms with Crippen molar-refractivity contribution in [2.24, 2.45) is 5.41 Å². The van der Waals surface area contributed by atoms with Gasteiger partial charge in [0.05, 0.1) is 6.04 Å². The lowest BCUT2D eigenvalue weighted by Gasteiger charge is -2.32. The van der Waals surface area contributed by atoms with E-state index in [9.17, 15) is 9.59 Å². The van der Waals surface area contributed by atoms with Gasteiger partial charge in [-0.05, 0) is 30.0 Å². The second-order valence-electron chi connectivity index (χ2n) is 6.95. The SMILES string of the molecule is CC(=O)c1cccc(NC(=O)NC(c2ccccc2)C(C)(C)C)c1. The van der Waals surface area contributed by atoms with Crippen molar-refractivity contribution in [1.82, 2.24) is 5.32 Å². The van der Waals surface area contributed by atoms with Gasteiger partial charge in [0, 0.05) is 11.3 Å². The highest BCUT2D eigenvalue weighted by Crippen LogP contribution is 2.32. The normalized spacial score (nSPS) is 12.3. The van der Waals surface area contributed by atoms with Crippen LogP contribution in [-0.4, -0.2) is 11.8 Å². The van der Waals surface area contributed by atoms with Crippen LogP contribution in [0, 0.1) is 5.41 Å². The third-order valence-corrected chi connectivity index (χ3v) is 3.80. The van der Waals surface area contributed by atoms with Gasteiger partial charge in [0.25, 0.3) is 0 Å². The molecule has 0 saturated heterocycles. The number of Topliss-reactive ketones (excluding diaryl/α,β-unsaturated/α-hetero) is 1. The predicted molar refractivity (Wildman–Crippen MR) is 97.2 cm³/mol. The number of hydrogen-bond donors (Lipinski definition) is 2. The summed E-state index contributed by atoms with van der Waals surface area (Å²) in [5, 5.41) is 5.84. The molecule has 2 N–H and O–H groups in total. The van der Waals surface area contributed by atoms with Crippen LogP contribution in [0.15, 0.2) is 54.6 Å². The zero-order valence-corrected chi connectivity index (χ0v) is 14.6. The molecule has 0 spiro atoms. The fourth-order valence-electron chi connectivity index (χ4n) is 2.56. The van der Waals surface area contributed by atoms with E-state index in [0.717, 1.165) is 5.56 Å². The standard InChI is InChI=1S/C20H24N2O2/c1-14(23)16-11-8-12-17(13-16)21-19(24)22-18(20(2,3)4)15-9-6-5-7-10-15/h5-13,18H,1-4H3,(H2,21,22,24). The van der Waals surface area contributed by atoms with E-state index < -0.39 is 0 Å². The molecular weight excluding hydrogens is 300 g/mol. The summed E-state index contributed by atoms with van der Waals surface area (Å²) < 4.78 is 0. The van der Waals surface area contributed by atoms with Gasteiger partial charge >= 0.3 is 6.03 Å². The van der Waals surface area contributed by atoms with Crippen molar-refractivity contribution in [3.05, 3.63) is 65.7 Å². The van der Waals surface area contributed by atoms with Crippen LogP contribution in [-0.2, 0) is 0 Å². The first-order chi connectivity index (χ1) is 11.3. The molecule has 0 aliphatic rings. The van der Waals surface area contributed by atoms with Gasteiger partial charge < -0.3 is 10.6 Å². The Morgan fingerprint density at radius 2 is 1.62 bits per heavy atom. The van der Waals surface area contributed by atoms with Crippen LogP contribution in [0.2, 0.25) is 0 Å². The highest BCUT2D eigenvalue weighted by atomic mass is 16.2. The maximum atomic E-state index is 12.4. The van der Waals surface area contributed by atoms with E-state index in [-0.39, 0.29) is 23.3 Å². The molecule has 4 heteroatoms. The summed E-state index contributed by atoms with van der Waals surface area (Å²) in [6, 6.07) is 16.4. The second-order valence-corrected chi connectivity index (χ2v) is 6.95. The first-order valence-corrected chi connectivity index (χ1v) is 8.01. The van der Waals surface area contributed by atoms with Crippen molar-refractivity contribution in [2.75, 3.05) is 5.32 Å². The van der Waals surface area contributed by atoms with Crippen molar-refractivity contribution < 1.29 is 9.59 Å². The van der Waals surface area contributed by atoms with E-state index in [4.69, 9.17) is 0 Å². The van der Waals surface area contributed by atoms with E-state index in [1.165, 1.54) is 6.92 Å². The Hall–Kier alpha value is -2.62. The van der Waals surface area contributed by atoms with Gasteiger partial charge in [-0.3, -0.25) is 4.79 Å². The second kappa shape index (κ2) is 7.30. The van der Waals surface area contributed by atoms with Crippen LogP contribution in [0.3, 0.4) is 0 Å². The van der Waals surface area contributed by atoms with Crippen molar-refractivity contribution >= 4 is 17.5 Å². The van der Waals surface area contributed by atoms with E-state index in [1.54, 1.807) is 24.3 Å². The molecule has 4 nitrogen and oxygen atoms in total. The maximum Gasteiger partial charge on any atom is 0.319 e. The maximum absolute atomic E-state index is 12.4. The van der Waals surface area contributed by atoms with Crippen LogP contribution in [0.25, 0.3) is 0 Å². The molecule has 126 valence electrons. The highest BCUT2D eigenvalue weighted by Gasteiger charge is 2.27. The van der Waals surface area contributed by atoms with Crippen molar-refractivity contribution in [2.45, 2.75) is 33.7 Å². The lowest BCUT2D eigenvalue weighted by molar-refractivity contribution is 0.101. The summed E-state index contributed by atoms with van der Waals surface area (Å²) in [5.74, 6) is -0.0316. The zero-order valence-electron chi connectivity index (χ0n) is 14.6. The average Bonchev–Trinajstić information content (AvgIpc) is 2.52. The van der Waals surface area contributed by atoms with Gasteiger partial charge in [-0.15, -0.1) is 0 Å². The molecular formula is C20H24N2O2. The number of anilines is 1. The topological polar surface area (TPSA) is 58.2 Å². The molecule has 0 saturated carbocycles. The first-order valence-electron chi connectivity index (χ1n) is 8.01. The number of carbonyl (C=O) groups excluding carboxylic acids is 2. The van der Waals surface area contributed by atoms with E-state index >= 15 is 0 Å². The Morgan fingerprint density at radius 3 is 2.21 bits per heavy atom. The molecule has 2 aromatic rings. The number of ketones is 1. The van der Waals surface area contributed by atoms with Crippen molar-refractivity contribution in [3.8, 4) is 0 Å². The smallest absolute Gasteiger partial charge is 0.319 e. The molecule has 0 fully saturated rings. The Bertz CT molecular complexity index is 718. The minimum absolute atomic E-state index is 0.0316. The summed E-state index contributed by atoms with van der Waals surface area (Å²) in [5.41, 5.74) is 2.08. The highest BCUT2D eigenvalue weighted by molar-refractivity contribution is 5.96. The summed E-state index contributed by atoms with van der Waals surface area (Å²) in [6.07, 6.45) is 0. The van der Waals surface area contributed by atoms with Crippen LogP contribution in [0.4, 0.5) is 10.5 Å². The number of benzene rings is 2. The molecule has 0 bridgehead atoms. The quantitative estimate of drug-likeness (QED) is 0.794. The van der Waals surface area contributed by atoms with Gasteiger partial charge in [-0.1, -0.05) is 63.2 Å². The van der Waals surface area contributed by atoms with Crippen LogP contribution in [0.5, 0.6) is 0 Å². The third-order valence-electron chi connectivity index (χ3n) is 3.80. The molecule has 2 aromatic carbocycles. The molecule has 0 radical (unpaired) electrons. The largest absolute Gasteiger partial charge is 0.331 e. The summed E-state index contributed by atoms with van der Waals surface area (Å²) in [4.78, 5) is 23.9. The number of nitrogens with one attached hydrogen (secondary N) is 2. The molecule has 2 rings (SSSR count). The lowest BCUT2D eigenvalue weighted by atomic mass is 9.82. The molecule has 1 atom stereocenters. The number of amides is 2. The molecule has 2 amide bonds. The summed E-state index contributed by atoms with van der Waals surface area (Å²) in [6.45, 7) is 7.76. The minimum atomic E-state index is -0.292. The van der Waals surface area contributed by atoms with E-state index in [1.807, 2.05) is 30.3 Å². The Kier molecular flexibility index (Phi) is 5.39. The fourth-order valence-corrected chi connectivity index (χ4v) is 2.56. The lowest BCUT2D eigenvalue weighted by Crippen LogP contribution is -2.39. The third kappa shape index (κ3) is 4.69. The van der Waals surface area contributed by atoms with E-state index in [2.05, 4.69) is 31.4 Å². The number of carbonyl (C=O) groups is 2. The monoisotopic (exact) mass is 324 g/mol.